The highest BCUT2D eigenvalue weighted by Gasteiger charge is 2.19. The van der Waals surface area contributed by atoms with E-state index in [1.807, 2.05) is 30.3 Å². The number of carbonyl (C=O) groups excluding carboxylic acids is 1. The topological polar surface area (TPSA) is 89.6 Å². The second-order valence-electron chi connectivity index (χ2n) is 4.52. The van der Waals surface area contributed by atoms with E-state index in [0.29, 0.717) is 6.42 Å². The zero-order chi connectivity index (χ0) is 15.2. The van der Waals surface area contributed by atoms with Crippen molar-refractivity contribution in [2.45, 2.75) is 12.5 Å². The van der Waals surface area contributed by atoms with E-state index in [4.69, 9.17) is 15.6 Å². The van der Waals surface area contributed by atoms with Crippen LogP contribution in [0, 0.1) is 0 Å². The summed E-state index contributed by atoms with van der Waals surface area (Å²) in [5.41, 5.74) is 6.64. The number of ether oxygens (including phenoxy) is 1. The summed E-state index contributed by atoms with van der Waals surface area (Å²) in [6.07, 6.45) is 0.328. The van der Waals surface area contributed by atoms with Gasteiger partial charge in [-0.25, -0.2) is 9.59 Å². The zero-order valence-corrected chi connectivity index (χ0v) is 11.2. The first-order chi connectivity index (χ1) is 10.1. The van der Waals surface area contributed by atoms with E-state index in [9.17, 15) is 9.59 Å². The molecule has 108 valence electrons. The molecule has 1 atom stereocenters. The molecule has 2 rings (SSSR count). The molecule has 5 nitrogen and oxygen atoms in total. The molecule has 2 aromatic rings. The van der Waals surface area contributed by atoms with Crippen LogP contribution in [0.5, 0.6) is 5.75 Å². The molecule has 0 aliphatic heterocycles. The summed E-state index contributed by atoms with van der Waals surface area (Å²) < 4.78 is 5.10. The van der Waals surface area contributed by atoms with E-state index in [2.05, 4.69) is 0 Å². The van der Waals surface area contributed by atoms with Crippen LogP contribution in [0.4, 0.5) is 0 Å². The summed E-state index contributed by atoms with van der Waals surface area (Å²) in [5, 5.41) is 9.03. The maximum absolute atomic E-state index is 12.0. The van der Waals surface area contributed by atoms with Crippen LogP contribution in [0.1, 0.15) is 15.9 Å². The molecule has 0 aliphatic carbocycles. The molecule has 0 fully saturated rings. The highest BCUT2D eigenvalue weighted by Crippen LogP contribution is 2.18. The predicted molar refractivity (Wildman–Crippen MR) is 77.2 cm³/mol. The number of nitrogens with two attached hydrogens (primary N) is 1. The Morgan fingerprint density at radius 2 is 1.67 bits per heavy atom. The summed E-state index contributed by atoms with van der Waals surface area (Å²) >= 11 is 0. The smallest absolute Gasteiger partial charge is 0.339 e. The van der Waals surface area contributed by atoms with Gasteiger partial charge in [0.25, 0.3) is 0 Å². The average Bonchev–Trinajstić information content (AvgIpc) is 2.48. The molecule has 1 unspecified atom stereocenters. The third-order valence-electron chi connectivity index (χ3n) is 2.93. The molecule has 0 radical (unpaired) electrons. The Balaban J connectivity index is 2.06. The maximum atomic E-state index is 12.0. The first kappa shape index (κ1) is 14.7. The van der Waals surface area contributed by atoms with Crippen LogP contribution in [-0.2, 0) is 11.2 Å². The SMILES string of the molecule is NC(Cc1ccccc1)C(=O)Oc1ccccc1C(=O)O. The highest BCUT2D eigenvalue weighted by atomic mass is 16.5. The molecule has 0 saturated heterocycles. The summed E-state index contributed by atoms with van der Waals surface area (Å²) in [6, 6.07) is 14.4. The largest absolute Gasteiger partial charge is 0.478 e. The van der Waals surface area contributed by atoms with Crippen molar-refractivity contribution in [1.29, 1.82) is 0 Å². The molecule has 0 amide bonds. The molecule has 2 aromatic carbocycles. The number of rotatable bonds is 5. The van der Waals surface area contributed by atoms with Crippen LogP contribution in [-0.4, -0.2) is 23.1 Å². The number of carboxylic acid groups (broad SMARTS) is 1. The minimum absolute atomic E-state index is 0.00138. The van der Waals surface area contributed by atoms with Crippen molar-refractivity contribution in [3.05, 3.63) is 65.7 Å². The van der Waals surface area contributed by atoms with Crippen LogP contribution in [0.25, 0.3) is 0 Å². The Morgan fingerprint density at radius 3 is 2.33 bits per heavy atom. The van der Waals surface area contributed by atoms with Crippen LogP contribution in [0.3, 0.4) is 0 Å². The molecule has 0 saturated carbocycles. The van der Waals surface area contributed by atoms with Crippen molar-refractivity contribution < 1.29 is 19.4 Å². The highest BCUT2D eigenvalue weighted by molar-refractivity contribution is 5.92. The first-order valence-electron chi connectivity index (χ1n) is 6.41. The lowest BCUT2D eigenvalue weighted by molar-refractivity contribution is -0.135. The maximum Gasteiger partial charge on any atom is 0.339 e. The van der Waals surface area contributed by atoms with Gasteiger partial charge < -0.3 is 15.6 Å². The summed E-state index contributed by atoms with van der Waals surface area (Å²) in [5.74, 6) is -1.82. The van der Waals surface area contributed by atoms with Gasteiger partial charge in [-0.1, -0.05) is 42.5 Å². The lowest BCUT2D eigenvalue weighted by atomic mass is 10.1. The van der Waals surface area contributed by atoms with E-state index in [0.717, 1.165) is 5.56 Å². The van der Waals surface area contributed by atoms with Gasteiger partial charge in [-0.3, -0.25) is 0 Å². The molecule has 0 heterocycles. The van der Waals surface area contributed by atoms with Crippen LogP contribution in [0.15, 0.2) is 54.6 Å². The van der Waals surface area contributed by atoms with Gasteiger partial charge >= 0.3 is 11.9 Å². The zero-order valence-electron chi connectivity index (χ0n) is 11.2. The number of carbonyl (C=O) groups is 2. The molecule has 0 spiro atoms. The van der Waals surface area contributed by atoms with E-state index in [-0.39, 0.29) is 11.3 Å². The quantitative estimate of drug-likeness (QED) is 0.646. The molecule has 0 bridgehead atoms. The van der Waals surface area contributed by atoms with Crippen LogP contribution < -0.4 is 10.5 Å². The Labute approximate surface area is 122 Å². The van der Waals surface area contributed by atoms with Gasteiger partial charge in [0.2, 0.25) is 0 Å². The Kier molecular flexibility index (Phi) is 4.68. The van der Waals surface area contributed by atoms with Gasteiger partial charge in [-0.15, -0.1) is 0 Å². The number of hydrogen-bond acceptors (Lipinski definition) is 4. The lowest BCUT2D eigenvalue weighted by Crippen LogP contribution is -2.36. The van der Waals surface area contributed by atoms with Crippen LogP contribution in [0.2, 0.25) is 0 Å². The minimum atomic E-state index is -1.16. The van der Waals surface area contributed by atoms with E-state index < -0.39 is 18.0 Å². The number of hydrogen-bond donors (Lipinski definition) is 2. The number of benzene rings is 2. The number of carboxylic acids is 1. The van der Waals surface area contributed by atoms with Crippen molar-refractivity contribution in [1.82, 2.24) is 0 Å². The molecular formula is C16H15NO4. The van der Waals surface area contributed by atoms with Gasteiger partial charge in [0.1, 0.15) is 17.4 Å². The minimum Gasteiger partial charge on any atom is -0.478 e. The fraction of sp³-hybridized carbons (Fsp3) is 0.125. The standard InChI is InChI=1S/C16H15NO4/c17-13(10-11-6-2-1-3-7-11)16(20)21-14-9-5-4-8-12(14)15(18)19/h1-9,13H,10,17H2,(H,18,19). The Hall–Kier alpha value is -2.66. The Bertz CT molecular complexity index is 640. The van der Waals surface area contributed by atoms with Crippen molar-refractivity contribution in [3.63, 3.8) is 0 Å². The molecule has 21 heavy (non-hydrogen) atoms. The third-order valence-corrected chi connectivity index (χ3v) is 2.93. The van der Waals surface area contributed by atoms with Crippen molar-refractivity contribution in [2.24, 2.45) is 5.73 Å². The van der Waals surface area contributed by atoms with Crippen LogP contribution >= 0.6 is 0 Å². The lowest BCUT2D eigenvalue weighted by Gasteiger charge is -2.12. The third kappa shape index (κ3) is 3.90. The number of para-hydroxylation sites is 1. The predicted octanol–water partition coefficient (Wildman–Crippen LogP) is 1.86. The number of aromatic carboxylic acids is 1. The molecule has 0 aliphatic rings. The van der Waals surface area contributed by atoms with E-state index >= 15 is 0 Å². The van der Waals surface area contributed by atoms with Gasteiger partial charge in [0.05, 0.1) is 0 Å². The molecule has 3 N–H and O–H groups in total. The second kappa shape index (κ2) is 6.67. The molecule has 5 heteroatoms. The van der Waals surface area contributed by atoms with Crippen molar-refractivity contribution in [3.8, 4) is 5.75 Å². The molecule has 0 aromatic heterocycles. The first-order valence-corrected chi connectivity index (χ1v) is 6.41. The van der Waals surface area contributed by atoms with Crippen molar-refractivity contribution >= 4 is 11.9 Å². The van der Waals surface area contributed by atoms with E-state index in [1.54, 1.807) is 12.1 Å². The average molecular weight is 285 g/mol. The monoisotopic (exact) mass is 285 g/mol. The molecular weight excluding hydrogens is 270 g/mol. The van der Waals surface area contributed by atoms with Gasteiger partial charge in [-0.2, -0.15) is 0 Å². The van der Waals surface area contributed by atoms with Crippen molar-refractivity contribution in [2.75, 3.05) is 0 Å². The summed E-state index contributed by atoms with van der Waals surface area (Å²) in [7, 11) is 0. The van der Waals surface area contributed by atoms with Gasteiger partial charge in [0.15, 0.2) is 0 Å². The number of esters is 1. The van der Waals surface area contributed by atoms with Gasteiger partial charge in [0, 0.05) is 0 Å². The van der Waals surface area contributed by atoms with E-state index in [1.165, 1.54) is 12.1 Å². The normalized spacial score (nSPS) is 11.7. The second-order valence-corrected chi connectivity index (χ2v) is 4.52. The summed E-state index contributed by atoms with van der Waals surface area (Å²) in [4.78, 5) is 23.0. The van der Waals surface area contributed by atoms with Gasteiger partial charge in [-0.05, 0) is 24.1 Å². The Morgan fingerprint density at radius 1 is 1.05 bits per heavy atom. The fourth-order valence-corrected chi connectivity index (χ4v) is 1.87. The fourth-order valence-electron chi connectivity index (χ4n) is 1.87. The summed E-state index contributed by atoms with van der Waals surface area (Å²) in [6.45, 7) is 0.